The number of aromatic nitrogens is 1. The van der Waals surface area contributed by atoms with E-state index >= 15 is 0 Å². The number of nitrogens with zero attached hydrogens (tertiary/aromatic N) is 2. The highest BCUT2D eigenvalue weighted by Gasteiger charge is 2.14. The molecule has 0 fully saturated rings. The number of benzene rings is 1. The second kappa shape index (κ2) is 6.29. The molecule has 0 saturated heterocycles. The number of likely N-dealkylation sites (N-methyl/N-ethyl adjacent to an activating group) is 1. The third-order valence-electron chi connectivity index (χ3n) is 2.77. The zero-order valence-electron chi connectivity index (χ0n) is 11.4. The number of hydrogen-bond donors (Lipinski definition) is 1. The molecule has 0 unspecified atom stereocenters. The van der Waals surface area contributed by atoms with Crippen molar-refractivity contribution in [1.82, 2.24) is 10.1 Å². The minimum atomic E-state index is -0.558. The summed E-state index contributed by atoms with van der Waals surface area (Å²) in [7, 11) is 3.87. The van der Waals surface area contributed by atoms with E-state index in [9.17, 15) is 9.18 Å². The first-order valence-electron chi connectivity index (χ1n) is 6.20. The number of aliphatic imine (C=N–C) groups is 1. The Hall–Kier alpha value is -2.21. The molecule has 0 amide bonds. The highest BCUT2D eigenvalue weighted by atomic mass is 19.1. The lowest BCUT2D eigenvalue weighted by molar-refractivity contribution is 0.393. The van der Waals surface area contributed by atoms with E-state index in [-0.39, 0.29) is 11.1 Å². The molecule has 0 aliphatic carbocycles. The van der Waals surface area contributed by atoms with Crippen LogP contribution in [0.5, 0.6) is 0 Å². The Morgan fingerprint density at radius 1 is 1.40 bits per heavy atom. The summed E-state index contributed by atoms with van der Waals surface area (Å²) >= 11 is 0. The van der Waals surface area contributed by atoms with Crippen molar-refractivity contribution in [3.63, 3.8) is 0 Å². The molecule has 106 valence electrons. The molecule has 1 aromatic carbocycles. The van der Waals surface area contributed by atoms with E-state index < -0.39 is 11.4 Å². The normalized spacial score (nSPS) is 11.6. The van der Waals surface area contributed by atoms with Crippen LogP contribution in [0.3, 0.4) is 0 Å². The number of aromatic amines is 1. The average Bonchev–Trinajstić information content (AvgIpc) is 2.76. The standard InChI is InChI=1S/C14H16FN3O2/c1-18(2)8-7-16-9-11-13(17-20-14(11)19)10-5-3-4-6-12(10)15/h3-6,9,17H,7-8H2,1-2H3. The fraction of sp³-hybridized carbons (Fsp3) is 0.286. The minimum Gasteiger partial charge on any atom is -0.338 e. The monoisotopic (exact) mass is 277 g/mol. The van der Waals surface area contributed by atoms with Crippen LogP contribution >= 0.6 is 0 Å². The van der Waals surface area contributed by atoms with Crippen LogP contribution in [-0.4, -0.2) is 43.5 Å². The Bertz CT molecular complexity index is 658. The zero-order chi connectivity index (χ0) is 14.5. The second-order valence-corrected chi connectivity index (χ2v) is 4.60. The molecule has 1 heterocycles. The van der Waals surface area contributed by atoms with Crippen LogP contribution in [0.25, 0.3) is 11.3 Å². The maximum Gasteiger partial charge on any atom is 0.366 e. The van der Waals surface area contributed by atoms with Gasteiger partial charge in [-0.1, -0.05) is 12.1 Å². The lowest BCUT2D eigenvalue weighted by atomic mass is 10.1. The van der Waals surface area contributed by atoms with Crippen LogP contribution in [-0.2, 0) is 0 Å². The van der Waals surface area contributed by atoms with Gasteiger partial charge >= 0.3 is 5.63 Å². The van der Waals surface area contributed by atoms with E-state index in [1.165, 1.54) is 12.3 Å². The van der Waals surface area contributed by atoms with Gasteiger partial charge in [-0.2, -0.15) is 0 Å². The number of nitrogens with one attached hydrogen (secondary N) is 1. The summed E-state index contributed by atoms with van der Waals surface area (Å²) in [5, 5.41) is 2.45. The quantitative estimate of drug-likeness (QED) is 0.847. The van der Waals surface area contributed by atoms with Crippen LogP contribution in [0.15, 0.2) is 38.6 Å². The molecule has 0 bridgehead atoms. The van der Waals surface area contributed by atoms with Crippen molar-refractivity contribution in [1.29, 1.82) is 0 Å². The fourth-order valence-corrected chi connectivity index (χ4v) is 1.70. The molecule has 1 N–H and O–H groups in total. The fourth-order valence-electron chi connectivity index (χ4n) is 1.70. The van der Waals surface area contributed by atoms with Gasteiger partial charge in [-0.05, 0) is 26.2 Å². The van der Waals surface area contributed by atoms with Crippen molar-refractivity contribution in [2.24, 2.45) is 4.99 Å². The molecular formula is C14H16FN3O2. The molecule has 0 radical (unpaired) electrons. The summed E-state index contributed by atoms with van der Waals surface area (Å²) in [5.74, 6) is -0.424. The Kier molecular flexibility index (Phi) is 4.47. The van der Waals surface area contributed by atoms with Crippen LogP contribution in [0.1, 0.15) is 5.56 Å². The van der Waals surface area contributed by atoms with E-state index in [0.717, 1.165) is 6.54 Å². The molecule has 1 aromatic heterocycles. The van der Waals surface area contributed by atoms with Gasteiger partial charge in [-0.15, -0.1) is 0 Å². The molecule has 0 aliphatic heterocycles. The van der Waals surface area contributed by atoms with Crippen molar-refractivity contribution in [2.45, 2.75) is 0 Å². The molecule has 0 aliphatic rings. The maximum atomic E-state index is 13.7. The van der Waals surface area contributed by atoms with Crippen LogP contribution in [0.2, 0.25) is 0 Å². The number of H-pyrrole nitrogens is 1. The van der Waals surface area contributed by atoms with Gasteiger partial charge in [0.25, 0.3) is 0 Å². The maximum absolute atomic E-state index is 13.7. The number of hydrogen-bond acceptors (Lipinski definition) is 4. The molecule has 0 spiro atoms. The van der Waals surface area contributed by atoms with Gasteiger partial charge in [-0.25, -0.2) is 14.3 Å². The minimum absolute atomic E-state index is 0.230. The number of rotatable bonds is 5. The van der Waals surface area contributed by atoms with Crippen LogP contribution < -0.4 is 5.63 Å². The lowest BCUT2D eigenvalue weighted by Gasteiger charge is -2.05. The lowest BCUT2D eigenvalue weighted by Crippen LogP contribution is -2.15. The zero-order valence-corrected chi connectivity index (χ0v) is 11.4. The highest BCUT2D eigenvalue weighted by Crippen LogP contribution is 2.21. The SMILES string of the molecule is CN(C)CCN=Cc1c(-c2ccccc2F)[nH]oc1=O. The molecule has 0 atom stereocenters. The van der Waals surface area contributed by atoms with Gasteiger partial charge in [0.05, 0.1) is 12.2 Å². The van der Waals surface area contributed by atoms with E-state index in [0.29, 0.717) is 12.2 Å². The van der Waals surface area contributed by atoms with Gasteiger partial charge in [-0.3, -0.25) is 4.99 Å². The Morgan fingerprint density at radius 3 is 2.85 bits per heavy atom. The van der Waals surface area contributed by atoms with Crippen LogP contribution in [0.4, 0.5) is 4.39 Å². The molecule has 0 saturated carbocycles. The summed E-state index contributed by atoms with van der Waals surface area (Å²) < 4.78 is 18.5. The summed E-state index contributed by atoms with van der Waals surface area (Å²) in [4.78, 5) is 17.8. The number of halogens is 1. The van der Waals surface area contributed by atoms with Crippen molar-refractivity contribution in [3.8, 4) is 11.3 Å². The van der Waals surface area contributed by atoms with Gasteiger partial charge < -0.3 is 9.42 Å². The van der Waals surface area contributed by atoms with Gasteiger partial charge in [0.15, 0.2) is 0 Å². The Balaban J connectivity index is 2.29. The van der Waals surface area contributed by atoms with E-state index in [1.54, 1.807) is 18.2 Å². The van der Waals surface area contributed by atoms with E-state index in [1.807, 2.05) is 19.0 Å². The van der Waals surface area contributed by atoms with Crippen molar-refractivity contribution < 1.29 is 8.91 Å². The molecule has 2 aromatic rings. The predicted molar refractivity (Wildman–Crippen MR) is 75.7 cm³/mol. The van der Waals surface area contributed by atoms with Crippen LogP contribution in [0, 0.1) is 5.82 Å². The summed E-state index contributed by atoms with van der Waals surface area (Å²) in [6.45, 7) is 1.32. The summed E-state index contributed by atoms with van der Waals surface area (Å²) in [6, 6.07) is 6.18. The van der Waals surface area contributed by atoms with Gasteiger partial charge in [0.1, 0.15) is 11.4 Å². The Morgan fingerprint density at radius 2 is 2.15 bits per heavy atom. The average molecular weight is 277 g/mol. The molecule has 5 nitrogen and oxygen atoms in total. The van der Waals surface area contributed by atoms with Gasteiger partial charge in [0.2, 0.25) is 0 Å². The largest absolute Gasteiger partial charge is 0.366 e. The summed E-state index contributed by atoms with van der Waals surface area (Å²) in [5.41, 5.74) is 0.264. The molecule has 2 rings (SSSR count). The highest BCUT2D eigenvalue weighted by molar-refractivity contribution is 5.88. The molecule has 6 heteroatoms. The van der Waals surface area contributed by atoms with Gasteiger partial charge in [0, 0.05) is 18.3 Å². The van der Waals surface area contributed by atoms with Crippen molar-refractivity contribution in [3.05, 3.63) is 46.1 Å². The first-order valence-corrected chi connectivity index (χ1v) is 6.20. The predicted octanol–water partition coefficient (Wildman–Crippen LogP) is 1.75. The van der Waals surface area contributed by atoms with Crippen molar-refractivity contribution >= 4 is 6.21 Å². The molecule has 20 heavy (non-hydrogen) atoms. The summed E-state index contributed by atoms with van der Waals surface area (Å²) in [6.07, 6.45) is 1.42. The van der Waals surface area contributed by atoms with E-state index in [4.69, 9.17) is 4.52 Å². The van der Waals surface area contributed by atoms with E-state index in [2.05, 4.69) is 10.1 Å². The first kappa shape index (κ1) is 14.2. The molecular weight excluding hydrogens is 261 g/mol. The smallest absolute Gasteiger partial charge is 0.338 e. The third kappa shape index (κ3) is 3.21. The third-order valence-corrected chi connectivity index (χ3v) is 2.77. The van der Waals surface area contributed by atoms with Crippen molar-refractivity contribution in [2.75, 3.05) is 27.2 Å². The first-order chi connectivity index (χ1) is 9.59. The topological polar surface area (TPSA) is 61.6 Å². The Labute approximate surface area is 115 Å². The second-order valence-electron chi connectivity index (χ2n) is 4.60.